The number of nitrogens with zero attached hydrogens (tertiary/aromatic N) is 3. The van der Waals surface area contributed by atoms with Gasteiger partial charge in [-0.3, -0.25) is 19.5 Å². The maximum absolute atomic E-state index is 14.2. The van der Waals surface area contributed by atoms with Crippen LogP contribution in [0.25, 0.3) is 10.9 Å². The standard InChI is InChI=1S/C25H14Cl2F3N3O4/c26-17-10-16(11-18(27)12-17)24(25(28,29)30)13-20(31-37-24)14-4-6-15(7-5-14)23(34)32-9-8-19-21(32)2-1-3-22(19)33(35)36/h1-12H,13H2. The SMILES string of the molecule is O=C(c1ccc(C2=NOC(c3cc(Cl)cc(Cl)c3)(C(F)(F)F)C2)cc1)n1ccc2c([N+](=O)[O-])cccc21. The molecule has 5 rings (SSSR count). The summed E-state index contributed by atoms with van der Waals surface area (Å²) in [5.74, 6) is -0.468. The Morgan fingerprint density at radius 1 is 1.05 bits per heavy atom. The van der Waals surface area contributed by atoms with E-state index in [0.29, 0.717) is 16.5 Å². The van der Waals surface area contributed by atoms with Crippen LogP contribution >= 0.6 is 23.2 Å². The molecule has 1 unspecified atom stereocenters. The lowest BCUT2D eigenvalue weighted by atomic mass is 9.86. The van der Waals surface area contributed by atoms with Gasteiger partial charge < -0.3 is 4.84 Å². The Kier molecular flexibility index (Phi) is 5.96. The molecule has 0 saturated carbocycles. The largest absolute Gasteiger partial charge is 0.435 e. The number of rotatable bonds is 4. The second-order valence-electron chi connectivity index (χ2n) is 8.32. The first kappa shape index (κ1) is 24.8. The van der Waals surface area contributed by atoms with E-state index in [2.05, 4.69) is 5.16 Å². The molecule has 1 aliphatic rings. The molecule has 0 saturated heterocycles. The maximum atomic E-state index is 14.2. The fourth-order valence-corrected chi connectivity index (χ4v) is 4.80. The summed E-state index contributed by atoms with van der Waals surface area (Å²) in [5.41, 5.74) is -2.27. The van der Waals surface area contributed by atoms with Gasteiger partial charge in [-0.15, -0.1) is 0 Å². The zero-order valence-electron chi connectivity index (χ0n) is 18.5. The minimum absolute atomic E-state index is 0.0221. The summed E-state index contributed by atoms with van der Waals surface area (Å²) in [7, 11) is 0. The molecule has 0 radical (unpaired) electrons. The number of non-ortho nitro benzene ring substituents is 1. The van der Waals surface area contributed by atoms with Crippen molar-refractivity contribution in [3.63, 3.8) is 0 Å². The molecule has 0 aliphatic carbocycles. The van der Waals surface area contributed by atoms with E-state index in [1.807, 2.05) is 0 Å². The molecule has 1 atom stereocenters. The van der Waals surface area contributed by atoms with Crippen LogP contribution in [0.15, 0.2) is 78.1 Å². The number of hydrogen-bond acceptors (Lipinski definition) is 5. The molecule has 2 heterocycles. The van der Waals surface area contributed by atoms with Crippen molar-refractivity contribution in [3.8, 4) is 0 Å². The van der Waals surface area contributed by atoms with Gasteiger partial charge in [-0.05, 0) is 48.0 Å². The molecule has 0 fully saturated rings. The number of hydrogen-bond donors (Lipinski definition) is 0. The van der Waals surface area contributed by atoms with Gasteiger partial charge in [-0.2, -0.15) is 13.2 Å². The van der Waals surface area contributed by atoms with Crippen LogP contribution in [-0.4, -0.2) is 27.3 Å². The Morgan fingerprint density at radius 3 is 2.35 bits per heavy atom. The predicted octanol–water partition coefficient (Wildman–Crippen LogP) is 7.13. The number of alkyl halides is 3. The zero-order chi connectivity index (χ0) is 26.5. The number of halogens is 5. The monoisotopic (exact) mass is 547 g/mol. The summed E-state index contributed by atoms with van der Waals surface area (Å²) in [6.07, 6.45) is -4.04. The van der Waals surface area contributed by atoms with E-state index in [-0.39, 0.29) is 32.6 Å². The van der Waals surface area contributed by atoms with E-state index in [0.717, 1.165) is 12.1 Å². The zero-order valence-corrected chi connectivity index (χ0v) is 20.0. The van der Waals surface area contributed by atoms with E-state index in [1.54, 1.807) is 6.07 Å². The molecule has 0 amide bonds. The van der Waals surface area contributed by atoms with Gasteiger partial charge in [-0.25, -0.2) is 0 Å². The molecule has 0 spiro atoms. The second-order valence-corrected chi connectivity index (χ2v) is 9.20. The summed E-state index contributed by atoms with van der Waals surface area (Å²) in [6.45, 7) is 0. The van der Waals surface area contributed by atoms with Gasteiger partial charge >= 0.3 is 6.18 Å². The van der Waals surface area contributed by atoms with E-state index >= 15 is 0 Å². The number of nitro groups is 1. The number of nitro benzene ring substituents is 1. The van der Waals surface area contributed by atoms with Crippen molar-refractivity contribution in [1.82, 2.24) is 4.57 Å². The minimum Gasteiger partial charge on any atom is -0.374 e. The number of carbonyl (C=O) groups excluding carboxylic acids is 1. The summed E-state index contributed by atoms with van der Waals surface area (Å²) < 4.78 is 43.9. The third-order valence-corrected chi connectivity index (χ3v) is 6.54. The van der Waals surface area contributed by atoms with Gasteiger partial charge in [0.25, 0.3) is 17.2 Å². The first-order valence-corrected chi connectivity index (χ1v) is 11.4. The molecule has 12 heteroatoms. The fraction of sp³-hybridized carbons (Fsp3) is 0.120. The average Bonchev–Trinajstić information content (AvgIpc) is 3.49. The molecule has 188 valence electrons. The summed E-state index contributed by atoms with van der Waals surface area (Å²) in [4.78, 5) is 28.8. The van der Waals surface area contributed by atoms with E-state index in [4.69, 9.17) is 28.0 Å². The second kappa shape index (κ2) is 8.89. The van der Waals surface area contributed by atoms with Crippen molar-refractivity contribution in [2.24, 2.45) is 5.16 Å². The van der Waals surface area contributed by atoms with Crippen LogP contribution in [0.4, 0.5) is 18.9 Å². The van der Waals surface area contributed by atoms with Crippen LogP contribution < -0.4 is 0 Å². The van der Waals surface area contributed by atoms with Crippen LogP contribution in [-0.2, 0) is 10.4 Å². The molecule has 1 aromatic heterocycles. The molecular formula is C25H14Cl2F3N3O4. The Bertz CT molecular complexity index is 1580. The number of carbonyl (C=O) groups is 1. The first-order valence-electron chi connectivity index (χ1n) is 10.7. The lowest BCUT2D eigenvalue weighted by Gasteiger charge is -2.29. The van der Waals surface area contributed by atoms with Crippen molar-refractivity contribution >= 4 is 51.4 Å². The van der Waals surface area contributed by atoms with Crippen LogP contribution in [0.2, 0.25) is 10.0 Å². The van der Waals surface area contributed by atoms with Crippen LogP contribution in [0, 0.1) is 10.1 Å². The fourth-order valence-electron chi connectivity index (χ4n) is 4.28. The molecule has 37 heavy (non-hydrogen) atoms. The first-order chi connectivity index (χ1) is 17.5. The van der Waals surface area contributed by atoms with Crippen molar-refractivity contribution < 1.29 is 27.7 Å². The molecule has 0 N–H and O–H groups in total. The minimum atomic E-state index is -4.83. The van der Waals surface area contributed by atoms with E-state index in [9.17, 15) is 28.1 Å². The van der Waals surface area contributed by atoms with Crippen LogP contribution in [0.5, 0.6) is 0 Å². The van der Waals surface area contributed by atoms with Gasteiger partial charge in [0.15, 0.2) is 0 Å². The van der Waals surface area contributed by atoms with Crippen molar-refractivity contribution in [2.75, 3.05) is 0 Å². The molecule has 7 nitrogen and oxygen atoms in total. The summed E-state index contributed by atoms with van der Waals surface area (Å²) >= 11 is 11.9. The molecule has 1 aliphatic heterocycles. The third-order valence-electron chi connectivity index (χ3n) is 6.11. The highest BCUT2D eigenvalue weighted by atomic mass is 35.5. The number of benzene rings is 3. The molecule has 4 aromatic rings. The van der Waals surface area contributed by atoms with Crippen molar-refractivity contribution in [3.05, 3.63) is 110 Å². The van der Waals surface area contributed by atoms with Gasteiger partial charge in [0.2, 0.25) is 0 Å². The normalized spacial score (nSPS) is 17.5. The quantitative estimate of drug-likeness (QED) is 0.201. The summed E-state index contributed by atoms with van der Waals surface area (Å²) in [5, 5.41) is 15.3. The smallest absolute Gasteiger partial charge is 0.374 e. The summed E-state index contributed by atoms with van der Waals surface area (Å²) in [6, 6.07) is 15.2. The lowest BCUT2D eigenvalue weighted by Crippen LogP contribution is -2.42. The molecule has 3 aromatic carbocycles. The average molecular weight is 548 g/mol. The van der Waals surface area contributed by atoms with Crippen LogP contribution in [0.1, 0.15) is 27.9 Å². The van der Waals surface area contributed by atoms with Gasteiger partial charge in [0.05, 0.1) is 21.5 Å². The van der Waals surface area contributed by atoms with Crippen molar-refractivity contribution in [1.29, 1.82) is 0 Å². The molecule has 0 bridgehead atoms. The Hall–Kier alpha value is -3.89. The maximum Gasteiger partial charge on any atom is 0.435 e. The van der Waals surface area contributed by atoms with E-state index < -0.39 is 29.0 Å². The Morgan fingerprint density at radius 2 is 1.73 bits per heavy atom. The van der Waals surface area contributed by atoms with Crippen molar-refractivity contribution in [2.45, 2.75) is 18.2 Å². The Labute approximate surface area is 216 Å². The number of fused-ring (bicyclic) bond motifs is 1. The predicted molar refractivity (Wildman–Crippen MR) is 131 cm³/mol. The highest BCUT2D eigenvalue weighted by Crippen LogP contribution is 2.49. The van der Waals surface area contributed by atoms with Gasteiger partial charge in [0, 0.05) is 39.9 Å². The molecular weight excluding hydrogens is 534 g/mol. The van der Waals surface area contributed by atoms with Crippen LogP contribution in [0.3, 0.4) is 0 Å². The lowest BCUT2D eigenvalue weighted by molar-refractivity contribution is -0.383. The number of aromatic nitrogens is 1. The van der Waals surface area contributed by atoms with Gasteiger partial charge in [-0.1, -0.05) is 46.6 Å². The highest BCUT2D eigenvalue weighted by molar-refractivity contribution is 6.34. The van der Waals surface area contributed by atoms with Gasteiger partial charge in [0.1, 0.15) is 0 Å². The van der Waals surface area contributed by atoms with E-state index in [1.165, 1.54) is 59.3 Å². The Balaban J connectivity index is 1.43. The topological polar surface area (TPSA) is 86.7 Å². The number of oxime groups is 1. The third kappa shape index (κ3) is 4.21. The highest BCUT2D eigenvalue weighted by Gasteiger charge is 2.62.